The van der Waals surface area contributed by atoms with Gasteiger partial charge >= 0.3 is 17.9 Å². The summed E-state index contributed by atoms with van der Waals surface area (Å²) < 4.78 is 16.9. The van der Waals surface area contributed by atoms with Crippen LogP contribution in [-0.2, 0) is 28.6 Å². The Morgan fingerprint density at radius 3 is 0.786 bits per heavy atom. The van der Waals surface area contributed by atoms with Gasteiger partial charge in [-0.1, -0.05) is 302 Å². The number of hydrogen-bond donors (Lipinski definition) is 0. The molecule has 0 aliphatic heterocycles. The van der Waals surface area contributed by atoms with Crippen molar-refractivity contribution in [2.24, 2.45) is 0 Å². The van der Waals surface area contributed by atoms with Gasteiger partial charge in [0.2, 0.25) is 0 Å². The van der Waals surface area contributed by atoms with Crippen molar-refractivity contribution in [3.8, 4) is 0 Å². The van der Waals surface area contributed by atoms with E-state index in [4.69, 9.17) is 14.2 Å². The van der Waals surface area contributed by atoms with Crippen LogP contribution in [0, 0.1) is 0 Å². The fraction of sp³-hybridized carbons (Fsp3) is 0.891. The lowest BCUT2D eigenvalue weighted by atomic mass is 10.0. The first-order valence-corrected chi connectivity index (χ1v) is 31.3. The minimum Gasteiger partial charge on any atom is -0.462 e. The van der Waals surface area contributed by atoms with E-state index in [1.165, 1.54) is 244 Å². The van der Waals surface area contributed by atoms with E-state index in [2.05, 4.69) is 45.1 Å². The molecule has 0 aromatic rings. The summed E-state index contributed by atoms with van der Waals surface area (Å²) in [6.07, 6.45) is 70.3. The Bertz CT molecular complexity index is 1130. The first kappa shape index (κ1) is 67.9. The van der Waals surface area contributed by atoms with Crippen LogP contribution in [0.5, 0.6) is 0 Å². The average molecular weight is 986 g/mol. The molecule has 0 saturated heterocycles. The number of hydrogen-bond acceptors (Lipinski definition) is 6. The molecule has 0 aliphatic rings. The fourth-order valence-electron chi connectivity index (χ4n) is 9.48. The van der Waals surface area contributed by atoms with Crippen molar-refractivity contribution in [1.29, 1.82) is 0 Å². The van der Waals surface area contributed by atoms with E-state index in [0.717, 1.165) is 64.2 Å². The molecule has 0 aromatic heterocycles. The lowest BCUT2D eigenvalue weighted by molar-refractivity contribution is -0.167. The number of rotatable bonds is 58. The lowest BCUT2D eigenvalue weighted by Crippen LogP contribution is -2.30. The van der Waals surface area contributed by atoms with Gasteiger partial charge in [0.05, 0.1) is 0 Å². The van der Waals surface area contributed by atoms with Gasteiger partial charge in [0.25, 0.3) is 0 Å². The van der Waals surface area contributed by atoms with Crippen molar-refractivity contribution in [3.05, 3.63) is 24.3 Å². The molecule has 1 unspecified atom stereocenters. The molecule has 1 atom stereocenters. The van der Waals surface area contributed by atoms with Crippen LogP contribution in [0.3, 0.4) is 0 Å². The molecule has 0 amide bonds. The van der Waals surface area contributed by atoms with Crippen LogP contribution in [-0.4, -0.2) is 37.2 Å². The highest BCUT2D eigenvalue weighted by Crippen LogP contribution is 2.17. The summed E-state index contributed by atoms with van der Waals surface area (Å²) in [5.74, 6) is -0.841. The summed E-state index contributed by atoms with van der Waals surface area (Å²) in [6, 6.07) is 0. The van der Waals surface area contributed by atoms with Crippen LogP contribution < -0.4 is 0 Å². The number of unbranched alkanes of at least 4 members (excludes halogenated alkanes) is 43. The van der Waals surface area contributed by atoms with Crippen molar-refractivity contribution in [2.45, 2.75) is 354 Å². The normalized spacial score (nSPS) is 12.1. The highest BCUT2D eigenvalue weighted by atomic mass is 16.6. The summed E-state index contributed by atoms with van der Waals surface area (Å²) >= 11 is 0. The molecular formula is C64H120O6. The molecule has 0 heterocycles. The predicted octanol–water partition coefficient (Wildman–Crippen LogP) is 21.1. The zero-order chi connectivity index (χ0) is 50.7. The number of carbonyl (C=O) groups is 3. The van der Waals surface area contributed by atoms with Gasteiger partial charge in [-0.2, -0.15) is 0 Å². The SMILES string of the molecule is CCCCCCC/C=C\C/C=C\CCCCCCCCCCCCCC(=O)OCC(COC(=O)CCCCCCCCCCCCCCC)OC(=O)CCCCCCCCCCCCCCCCCC. The molecule has 70 heavy (non-hydrogen) atoms. The van der Waals surface area contributed by atoms with E-state index in [0.29, 0.717) is 19.3 Å². The minimum atomic E-state index is -0.767. The van der Waals surface area contributed by atoms with Crippen LogP contribution >= 0.6 is 0 Å². The topological polar surface area (TPSA) is 78.9 Å². The van der Waals surface area contributed by atoms with Crippen LogP contribution in [0.1, 0.15) is 348 Å². The summed E-state index contributed by atoms with van der Waals surface area (Å²) in [5, 5.41) is 0. The molecule has 0 aliphatic carbocycles. The van der Waals surface area contributed by atoms with Gasteiger partial charge < -0.3 is 14.2 Å². The maximum atomic E-state index is 12.9. The van der Waals surface area contributed by atoms with E-state index in [-0.39, 0.29) is 31.1 Å². The lowest BCUT2D eigenvalue weighted by Gasteiger charge is -2.18. The van der Waals surface area contributed by atoms with Gasteiger partial charge in [-0.3, -0.25) is 14.4 Å². The van der Waals surface area contributed by atoms with Gasteiger partial charge in [0.15, 0.2) is 6.10 Å². The largest absolute Gasteiger partial charge is 0.462 e. The number of allylic oxidation sites excluding steroid dienone is 4. The third-order valence-electron chi connectivity index (χ3n) is 14.2. The van der Waals surface area contributed by atoms with Gasteiger partial charge in [0.1, 0.15) is 13.2 Å². The standard InChI is InChI=1S/C64H120O6/c1-4-7-10-13-16-19-22-25-27-29-30-31-32-33-34-35-37-39-42-45-48-51-54-57-63(66)69-60-61(59-68-62(65)56-53-50-47-44-41-38-24-21-18-15-12-9-6-3)70-64(67)58-55-52-49-46-43-40-36-28-26-23-20-17-14-11-8-5-2/h22,25,29-30,61H,4-21,23-24,26-28,31-60H2,1-3H3/b25-22-,30-29-. The smallest absolute Gasteiger partial charge is 0.306 e. The second-order valence-electron chi connectivity index (χ2n) is 21.3. The summed E-state index contributed by atoms with van der Waals surface area (Å²) in [5.41, 5.74) is 0. The van der Waals surface area contributed by atoms with Gasteiger partial charge in [-0.15, -0.1) is 0 Å². The Balaban J connectivity index is 4.26. The maximum Gasteiger partial charge on any atom is 0.306 e. The Hall–Kier alpha value is -2.11. The third-order valence-corrected chi connectivity index (χ3v) is 14.2. The first-order chi connectivity index (χ1) is 34.5. The van der Waals surface area contributed by atoms with E-state index < -0.39 is 6.10 Å². The zero-order valence-corrected chi connectivity index (χ0v) is 47.3. The van der Waals surface area contributed by atoms with Gasteiger partial charge in [-0.25, -0.2) is 0 Å². The Kier molecular flexibility index (Phi) is 57.7. The predicted molar refractivity (Wildman–Crippen MR) is 303 cm³/mol. The summed E-state index contributed by atoms with van der Waals surface area (Å²) in [6.45, 7) is 6.69. The third kappa shape index (κ3) is 56.8. The zero-order valence-electron chi connectivity index (χ0n) is 47.3. The van der Waals surface area contributed by atoms with E-state index >= 15 is 0 Å². The van der Waals surface area contributed by atoms with Crippen molar-refractivity contribution in [1.82, 2.24) is 0 Å². The molecule has 0 bridgehead atoms. The first-order valence-electron chi connectivity index (χ1n) is 31.3. The molecule has 0 rings (SSSR count). The Labute approximate surface area is 436 Å². The molecule has 0 spiro atoms. The quantitative estimate of drug-likeness (QED) is 0.0261. The van der Waals surface area contributed by atoms with Crippen molar-refractivity contribution in [3.63, 3.8) is 0 Å². The van der Waals surface area contributed by atoms with Crippen molar-refractivity contribution >= 4 is 17.9 Å². The molecule has 6 nitrogen and oxygen atoms in total. The van der Waals surface area contributed by atoms with Gasteiger partial charge in [0, 0.05) is 19.3 Å². The maximum absolute atomic E-state index is 12.9. The van der Waals surface area contributed by atoms with Crippen LogP contribution in [0.25, 0.3) is 0 Å². The molecular weight excluding hydrogens is 865 g/mol. The number of carbonyl (C=O) groups excluding carboxylic acids is 3. The molecule has 0 radical (unpaired) electrons. The minimum absolute atomic E-state index is 0.0654. The molecule has 0 N–H and O–H groups in total. The van der Waals surface area contributed by atoms with E-state index in [9.17, 15) is 14.4 Å². The molecule has 0 fully saturated rings. The Morgan fingerprint density at radius 2 is 0.514 bits per heavy atom. The molecule has 0 saturated carbocycles. The van der Waals surface area contributed by atoms with Crippen LogP contribution in [0.2, 0.25) is 0 Å². The van der Waals surface area contributed by atoms with Crippen LogP contribution in [0.15, 0.2) is 24.3 Å². The highest BCUT2D eigenvalue weighted by Gasteiger charge is 2.19. The summed E-state index contributed by atoms with van der Waals surface area (Å²) in [7, 11) is 0. The average Bonchev–Trinajstić information content (AvgIpc) is 3.36. The summed E-state index contributed by atoms with van der Waals surface area (Å²) in [4.78, 5) is 38.2. The van der Waals surface area contributed by atoms with Crippen molar-refractivity contribution in [2.75, 3.05) is 13.2 Å². The van der Waals surface area contributed by atoms with E-state index in [1.807, 2.05) is 0 Å². The van der Waals surface area contributed by atoms with Crippen LogP contribution in [0.4, 0.5) is 0 Å². The monoisotopic (exact) mass is 985 g/mol. The molecule has 0 aromatic carbocycles. The number of esters is 3. The highest BCUT2D eigenvalue weighted by molar-refractivity contribution is 5.71. The number of ether oxygens (including phenoxy) is 3. The second kappa shape index (κ2) is 59.5. The van der Waals surface area contributed by atoms with Crippen molar-refractivity contribution < 1.29 is 28.6 Å². The molecule has 6 heteroatoms. The fourth-order valence-corrected chi connectivity index (χ4v) is 9.48. The molecule has 412 valence electrons. The second-order valence-corrected chi connectivity index (χ2v) is 21.3. The Morgan fingerprint density at radius 1 is 0.286 bits per heavy atom. The van der Waals surface area contributed by atoms with E-state index in [1.54, 1.807) is 0 Å². The van der Waals surface area contributed by atoms with Gasteiger partial charge in [-0.05, 0) is 51.4 Å².